The highest BCUT2D eigenvalue weighted by Gasteiger charge is 2.46. The lowest BCUT2D eigenvalue weighted by Gasteiger charge is -2.14. The second kappa shape index (κ2) is 7.69. The average molecular weight is 276 g/mol. The maximum Gasteiger partial charge on any atom is 0.712 e. The first kappa shape index (κ1) is 17.8. The summed E-state index contributed by atoms with van der Waals surface area (Å²) in [5.74, 6) is -3.31. The van der Waals surface area contributed by atoms with E-state index in [1.807, 2.05) is 0 Å². The van der Waals surface area contributed by atoms with E-state index in [1.165, 1.54) is 0 Å². The zero-order valence-corrected chi connectivity index (χ0v) is 9.99. The molecule has 0 spiro atoms. The fraction of sp³-hybridized carbons (Fsp3) is 0.667. The minimum absolute atomic E-state index is 0. The van der Waals surface area contributed by atoms with Gasteiger partial charge in [0.1, 0.15) is 0 Å². The van der Waals surface area contributed by atoms with Gasteiger partial charge in [-0.1, -0.05) is 30.1 Å². The lowest BCUT2D eigenvalue weighted by atomic mass is 10.2. The number of hydrogen-bond acceptors (Lipinski definition) is 6. The number of aliphatic carboxylic acids is 1. The van der Waals surface area contributed by atoms with Crippen LogP contribution in [-0.4, -0.2) is 40.3 Å². The van der Waals surface area contributed by atoms with E-state index in [4.69, 9.17) is 33.3 Å². The summed E-state index contributed by atoms with van der Waals surface area (Å²) in [6, 6.07) is 0. The predicted octanol–water partition coefficient (Wildman–Crippen LogP) is 0.354. The lowest BCUT2D eigenvalue weighted by molar-refractivity contribution is -0.148. The molecule has 0 aliphatic carbocycles. The molecule has 0 aliphatic rings. The van der Waals surface area contributed by atoms with Crippen LogP contribution in [-0.2, 0) is 18.9 Å². The molecule has 0 aromatic carbocycles. The molecule has 0 atom stereocenters. The van der Waals surface area contributed by atoms with Crippen LogP contribution in [0.5, 0.6) is 0 Å². The van der Waals surface area contributed by atoms with Crippen LogP contribution in [0.4, 0.5) is 0 Å². The Morgan fingerprint density at radius 2 is 1.94 bits per heavy atom. The number of carbonyl (C=O) groups is 2. The molecule has 0 aromatic heterocycles. The molecule has 0 fully saturated rings. The second-order valence-electron chi connectivity index (χ2n) is 2.46. The van der Waals surface area contributed by atoms with Gasteiger partial charge in [0.05, 0.1) is 0 Å². The van der Waals surface area contributed by atoms with Gasteiger partial charge in [0.15, 0.2) is 0 Å². The zero-order valence-electron chi connectivity index (χ0n) is 8.48. The molecular formula is C6H12BCl2NO6. The number of carboxylic acids is 1. The van der Waals surface area contributed by atoms with Crippen LogP contribution < -0.4 is 6.15 Å². The largest absolute Gasteiger partial charge is 0.712 e. The van der Waals surface area contributed by atoms with Crippen molar-refractivity contribution in [3.8, 4) is 0 Å². The Morgan fingerprint density at radius 1 is 1.44 bits per heavy atom. The van der Waals surface area contributed by atoms with Gasteiger partial charge in [0, 0.05) is 6.61 Å². The van der Waals surface area contributed by atoms with Gasteiger partial charge in [0.25, 0.3) is 0 Å². The van der Waals surface area contributed by atoms with Gasteiger partial charge < -0.3 is 25.6 Å². The summed E-state index contributed by atoms with van der Waals surface area (Å²) in [5.41, 5.74) is 0. The molecule has 94 valence electrons. The molecule has 0 saturated carbocycles. The summed E-state index contributed by atoms with van der Waals surface area (Å²) in [7, 11) is -1.88. The van der Waals surface area contributed by atoms with Crippen LogP contribution in [0.3, 0.4) is 0 Å². The van der Waals surface area contributed by atoms with E-state index in [-0.39, 0.29) is 12.8 Å². The van der Waals surface area contributed by atoms with E-state index in [1.54, 1.807) is 6.92 Å². The standard InChI is InChI=1S/C6H9BCl2O6.H3N/c1-2-3-14-7(13)15-5(12)6(8,9)4(10)11;/h13H,2-3H2,1H3,(H,10,11);1H3. The molecule has 5 N–H and O–H groups in total. The molecule has 0 aliphatic heterocycles. The molecule has 7 nitrogen and oxygen atoms in total. The highest BCUT2D eigenvalue weighted by Crippen LogP contribution is 2.23. The highest BCUT2D eigenvalue weighted by molar-refractivity contribution is 6.67. The minimum Gasteiger partial charge on any atom is -0.482 e. The molecule has 0 rings (SSSR count). The SMILES string of the molecule is CCCOB(O)OC(=O)C(Cl)(Cl)C(=O)O.N. The summed E-state index contributed by atoms with van der Waals surface area (Å²) in [6.07, 6.45) is 0.584. The van der Waals surface area contributed by atoms with Crippen molar-refractivity contribution in [1.82, 2.24) is 6.15 Å². The van der Waals surface area contributed by atoms with Crippen molar-refractivity contribution in [1.29, 1.82) is 0 Å². The third-order valence-electron chi connectivity index (χ3n) is 1.20. The summed E-state index contributed by atoms with van der Waals surface area (Å²) in [4.78, 5) is 21.3. The Labute approximate surface area is 102 Å². The molecule has 0 amide bonds. The Hall–Kier alpha value is -0.535. The summed E-state index contributed by atoms with van der Waals surface area (Å²) >= 11 is 10.2. The number of halogens is 2. The third kappa shape index (κ3) is 5.52. The van der Waals surface area contributed by atoms with Gasteiger partial charge in [-0.2, -0.15) is 0 Å². The van der Waals surface area contributed by atoms with Gasteiger partial charge in [-0.15, -0.1) is 0 Å². The smallest absolute Gasteiger partial charge is 0.482 e. The van der Waals surface area contributed by atoms with Gasteiger partial charge in [-0.3, -0.25) is 0 Å². The number of alkyl halides is 2. The number of carbonyl (C=O) groups excluding carboxylic acids is 1. The number of carboxylic acid groups (broad SMARTS) is 1. The zero-order chi connectivity index (χ0) is 12.1. The minimum atomic E-state index is -2.75. The normalized spacial score (nSPS) is 10.2. The van der Waals surface area contributed by atoms with Crippen molar-refractivity contribution in [3.05, 3.63) is 0 Å². The van der Waals surface area contributed by atoms with Crippen molar-refractivity contribution < 1.29 is 29.0 Å². The molecule has 0 bridgehead atoms. The monoisotopic (exact) mass is 275 g/mol. The van der Waals surface area contributed by atoms with E-state index < -0.39 is 23.6 Å². The van der Waals surface area contributed by atoms with Crippen molar-refractivity contribution in [2.75, 3.05) is 6.61 Å². The molecule has 10 heteroatoms. The molecule has 0 heterocycles. The van der Waals surface area contributed by atoms with Crippen LogP contribution in [0.25, 0.3) is 0 Å². The first-order valence-electron chi connectivity index (χ1n) is 3.94. The molecular weight excluding hydrogens is 264 g/mol. The molecule has 0 aromatic rings. The van der Waals surface area contributed by atoms with Crippen LogP contribution in [0.2, 0.25) is 0 Å². The van der Waals surface area contributed by atoms with Crippen LogP contribution in [0.1, 0.15) is 13.3 Å². The van der Waals surface area contributed by atoms with Gasteiger partial charge >= 0.3 is 23.6 Å². The Balaban J connectivity index is 0. The predicted molar refractivity (Wildman–Crippen MR) is 57.4 cm³/mol. The highest BCUT2D eigenvalue weighted by atomic mass is 35.5. The molecule has 0 radical (unpaired) electrons. The van der Waals surface area contributed by atoms with Crippen LogP contribution >= 0.6 is 23.2 Å². The third-order valence-corrected chi connectivity index (χ3v) is 1.83. The van der Waals surface area contributed by atoms with Gasteiger partial charge in [0.2, 0.25) is 0 Å². The molecule has 16 heavy (non-hydrogen) atoms. The van der Waals surface area contributed by atoms with Crippen LogP contribution in [0.15, 0.2) is 0 Å². The van der Waals surface area contributed by atoms with Crippen molar-refractivity contribution in [2.45, 2.75) is 17.7 Å². The van der Waals surface area contributed by atoms with E-state index in [0.717, 1.165) is 0 Å². The second-order valence-corrected chi connectivity index (χ2v) is 3.79. The summed E-state index contributed by atoms with van der Waals surface area (Å²) in [5, 5.41) is 17.3. The topological polar surface area (TPSA) is 128 Å². The maximum atomic E-state index is 11.0. The van der Waals surface area contributed by atoms with Crippen molar-refractivity contribution in [3.63, 3.8) is 0 Å². The maximum absolute atomic E-state index is 11.0. The number of rotatable bonds is 6. The first-order chi connectivity index (χ1) is 6.82. The van der Waals surface area contributed by atoms with E-state index >= 15 is 0 Å². The summed E-state index contributed by atoms with van der Waals surface area (Å²) < 4.78 is 5.91. The van der Waals surface area contributed by atoms with Gasteiger partial charge in [-0.05, 0) is 6.42 Å². The van der Waals surface area contributed by atoms with Crippen molar-refractivity contribution >= 4 is 42.5 Å². The van der Waals surface area contributed by atoms with E-state index in [9.17, 15) is 9.59 Å². The lowest BCUT2D eigenvalue weighted by Crippen LogP contribution is -2.41. The Bertz CT molecular complexity index is 251. The fourth-order valence-electron chi connectivity index (χ4n) is 0.506. The quantitative estimate of drug-likeness (QED) is 0.362. The Morgan fingerprint density at radius 3 is 2.31 bits per heavy atom. The molecule has 0 saturated heterocycles. The van der Waals surface area contributed by atoms with Gasteiger partial charge in [-0.25, -0.2) is 9.59 Å². The number of hydrogen-bond donors (Lipinski definition) is 3. The summed E-state index contributed by atoms with van der Waals surface area (Å²) in [6.45, 7) is 1.90. The van der Waals surface area contributed by atoms with Crippen molar-refractivity contribution in [2.24, 2.45) is 0 Å². The molecule has 0 unspecified atom stereocenters. The van der Waals surface area contributed by atoms with E-state index in [0.29, 0.717) is 6.42 Å². The van der Waals surface area contributed by atoms with Crippen LogP contribution in [0, 0.1) is 0 Å². The average Bonchev–Trinajstić information content (AvgIpc) is 2.14. The fourth-order valence-corrected chi connectivity index (χ4v) is 0.595. The Kier molecular flexibility index (Phi) is 8.58. The first-order valence-corrected chi connectivity index (χ1v) is 4.70. The van der Waals surface area contributed by atoms with E-state index in [2.05, 4.69) is 9.31 Å².